The number of nitrogens with one attached hydrogen (secondary N) is 2. The molecule has 1 aliphatic heterocycles. The second kappa shape index (κ2) is 9.32. The minimum atomic E-state index is -0.721. The lowest BCUT2D eigenvalue weighted by molar-refractivity contribution is -0.118. The number of anilines is 1. The first kappa shape index (κ1) is 25.0. The van der Waals surface area contributed by atoms with E-state index in [-0.39, 0.29) is 30.1 Å². The topological polar surface area (TPSA) is 120 Å². The van der Waals surface area contributed by atoms with E-state index < -0.39 is 23.3 Å². The molecule has 3 rings (SSSR count). The molecule has 2 aromatic rings. The minimum Gasteiger partial charge on any atom is -0.483 e. The van der Waals surface area contributed by atoms with E-state index in [9.17, 15) is 14.4 Å². The largest absolute Gasteiger partial charge is 0.483 e. The normalized spacial score (nSPS) is 15.9. The SMILES string of the molecule is CCOC(=O)c1c(NC(=O)COc2ccc(Cl)cc2C(N)=O)sc2c1CC(C)(C)NC2(C)C. The van der Waals surface area contributed by atoms with Crippen molar-refractivity contribution < 1.29 is 23.9 Å². The average molecular weight is 494 g/mol. The van der Waals surface area contributed by atoms with Crippen LogP contribution in [0.5, 0.6) is 5.75 Å². The lowest BCUT2D eigenvalue weighted by atomic mass is 9.81. The van der Waals surface area contributed by atoms with E-state index in [1.54, 1.807) is 6.92 Å². The summed E-state index contributed by atoms with van der Waals surface area (Å²) in [6.45, 7) is 9.78. The van der Waals surface area contributed by atoms with Crippen molar-refractivity contribution in [1.29, 1.82) is 0 Å². The maximum Gasteiger partial charge on any atom is 0.341 e. The molecule has 0 unspecified atom stereocenters. The third-order valence-corrected chi connectivity index (χ3v) is 6.85. The summed E-state index contributed by atoms with van der Waals surface area (Å²) >= 11 is 7.25. The Morgan fingerprint density at radius 1 is 1.24 bits per heavy atom. The number of nitrogens with two attached hydrogens (primary N) is 1. The minimum absolute atomic E-state index is 0.0733. The number of hydrogen-bond donors (Lipinski definition) is 3. The molecule has 0 radical (unpaired) electrons. The van der Waals surface area contributed by atoms with Crippen LogP contribution in [0.4, 0.5) is 5.00 Å². The summed E-state index contributed by atoms with van der Waals surface area (Å²) < 4.78 is 10.8. The van der Waals surface area contributed by atoms with E-state index >= 15 is 0 Å². The molecule has 4 N–H and O–H groups in total. The van der Waals surface area contributed by atoms with Gasteiger partial charge in [-0.25, -0.2) is 4.79 Å². The van der Waals surface area contributed by atoms with Crippen LogP contribution in [0.3, 0.4) is 0 Å². The summed E-state index contributed by atoms with van der Waals surface area (Å²) in [5.41, 5.74) is 6.03. The van der Waals surface area contributed by atoms with Gasteiger partial charge in [0.15, 0.2) is 6.61 Å². The summed E-state index contributed by atoms with van der Waals surface area (Å²) in [5, 5.41) is 7.10. The number of hydrogen-bond acceptors (Lipinski definition) is 7. The van der Waals surface area contributed by atoms with Crippen molar-refractivity contribution in [3.8, 4) is 5.75 Å². The molecular formula is C23H28ClN3O5S. The number of thiophene rings is 1. The van der Waals surface area contributed by atoms with Gasteiger partial charge in [0.05, 0.1) is 17.7 Å². The molecule has 8 nitrogen and oxygen atoms in total. The van der Waals surface area contributed by atoms with Crippen LogP contribution in [-0.4, -0.2) is 36.5 Å². The van der Waals surface area contributed by atoms with Crippen molar-refractivity contribution in [1.82, 2.24) is 5.32 Å². The number of esters is 1. The molecule has 1 aromatic heterocycles. The number of halogens is 1. The van der Waals surface area contributed by atoms with Gasteiger partial charge in [0, 0.05) is 21.0 Å². The highest BCUT2D eigenvalue weighted by Crippen LogP contribution is 2.45. The zero-order valence-corrected chi connectivity index (χ0v) is 20.8. The van der Waals surface area contributed by atoms with E-state index in [2.05, 4.69) is 24.5 Å². The first-order valence-corrected chi connectivity index (χ1v) is 11.7. The van der Waals surface area contributed by atoms with Crippen molar-refractivity contribution >= 4 is 45.7 Å². The zero-order chi connectivity index (χ0) is 24.6. The molecule has 0 saturated heterocycles. The highest BCUT2D eigenvalue weighted by Gasteiger charge is 2.42. The third-order valence-electron chi connectivity index (χ3n) is 5.14. The first-order chi connectivity index (χ1) is 15.3. The highest BCUT2D eigenvalue weighted by atomic mass is 35.5. The van der Waals surface area contributed by atoms with Crippen LogP contribution in [0.2, 0.25) is 5.02 Å². The molecule has 0 fully saturated rings. The Morgan fingerprint density at radius 3 is 2.58 bits per heavy atom. The Bertz CT molecular complexity index is 1110. The predicted molar refractivity (Wildman–Crippen MR) is 128 cm³/mol. The smallest absolute Gasteiger partial charge is 0.341 e. The van der Waals surface area contributed by atoms with Crippen LogP contribution in [0, 0.1) is 0 Å². The number of amides is 2. The average Bonchev–Trinajstić information content (AvgIpc) is 3.04. The number of primary amides is 1. The molecule has 1 aliphatic rings. The van der Waals surface area contributed by atoms with Crippen LogP contribution in [0.15, 0.2) is 18.2 Å². The van der Waals surface area contributed by atoms with E-state index in [0.717, 1.165) is 10.4 Å². The summed E-state index contributed by atoms with van der Waals surface area (Å²) in [7, 11) is 0. The molecule has 2 heterocycles. The van der Waals surface area contributed by atoms with Gasteiger partial charge in [-0.1, -0.05) is 11.6 Å². The molecule has 0 spiro atoms. The second-order valence-electron chi connectivity index (χ2n) is 8.99. The Kier molecular flexibility index (Phi) is 7.07. The Hall–Kier alpha value is -2.62. The van der Waals surface area contributed by atoms with Gasteiger partial charge in [-0.05, 0) is 64.8 Å². The monoisotopic (exact) mass is 493 g/mol. The molecule has 0 saturated carbocycles. The van der Waals surface area contributed by atoms with Gasteiger partial charge in [0.1, 0.15) is 10.8 Å². The molecule has 1 aromatic carbocycles. The lowest BCUT2D eigenvalue weighted by Crippen LogP contribution is -2.55. The van der Waals surface area contributed by atoms with Gasteiger partial charge in [0.25, 0.3) is 11.8 Å². The van der Waals surface area contributed by atoms with Gasteiger partial charge in [-0.15, -0.1) is 11.3 Å². The van der Waals surface area contributed by atoms with E-state index in [0.29, 0.717) is 22.0 Å². The maximum atomic E-state index is 12.9. The van der Waals surface area contributed by atoms with Gasteiger partial charge < -0.3 is 25.8 Å². The molecule has 0 atom stereocenters. The fourth-order valence-corrected chi connectivity index (χ4v) is 5.61. The maximum absolute atomic E-state index is 12.9. The summed E-state index contributed by atoms with van der Waals surface area (Å²) in [5.74, 6) is -1.55. The Balaban J connectivity index is 1.88. The molecule has 0 aliphatic carbocycles. The zero-order valence-electron chi connectivity index (χ0n) is 19.3. The fraction of sp³-hybridized carbons (Fsp3) is 0.435. The summed E-state index contributed by atoms with van der Waals surface area (Å²) in [6, 6.07) is 4.38. The molecule has 33 heavy (non-hydrogen) atoms. The van der Waals surface area contributed by atoms with Crippen molar-refractivity contribution in [2.75, 3.05) is 18.5 Å². The fourth-order valence-electron chi connectivity index (χ4n) is 4.16. The number of carbonyl (C=O) groups is 3. The van der Waals surface area contributed by atoms with Gasteiger partial charge in [0.2, 0.25) is 0 Å². The number of benzene rings is 1. The summed E-state index contributed by atoms with van der Waals surface area (Å²) in [6.07, 6.45) is 0.607. The van der Waals surface area contributed by atoms with Crippen molar-refractivity contribution in [2.45, 2.75) is 52.1 Å². The van der Waals surface area contributed by atoms with Crippen LogP contribution >= 0.6 is 22.9 Å². The predicted octanol–water partition coefficient (Wildman–Crippen LogP) is 3.85. The molecule has 10 heteroatoms. The van der Waals surface area contributed by atoms with Crippen molar-refractivity contribution in [3.63, 3.8) is 0 Å². The number of carbonyl (C=O) groups excluding carboxylic acids is 3. The summed E-state index contributed by atoms with van der Waals surface area (Å²) in [4.78, 5) is 38.2. The molecule has 2 amide bonds. The Morgan fingerprint density at radius 2 is 1.94 bits per heavy atom. The lowest BCUT2D eigenvalue weighted by Gasteiger charge is -2.42. The van der Waals surface area contributed by atoms with E-state index in [1.165, 1.54) is 29.5 Å². The van der Waals surface area contributed by atoms with Gasteiger partial charge >= 0.3 is 5.97 Å². The first-order valence-electron chi connectivity index (χ1n) is 10.5. The van der Waals surface area contributed by atoms with Gasteiger partial charge in [-0.3, -0.25) is 9.59 Å². The number of fused-ring (bicyclic) bond motifs is 1. The standard InChI is InChI=1S/C23H28ClN3O5S/c1-6-31-21(30)17-14-10-22(2,3)27-23(4,5)18(14)33-20(17)26-16(28)11-32-15-8-7-12(24)9-13(15)19(25)29/h7-9,27H,6,10-11H2,1-5H3,(H2,25,29)(H,26,28). The molecule has 178 valence electrons. The van der Waals surface area contributed by atoms with Crippen LogP contribution in [0.25, 0.3) is 0 Å². The quantitative estimate of drug-likeness (QED) is 0.504. The van der Waals surface area contributed by atoms with Gasteiger partial charge in [-0.2, -0.15) is 0 Å². The molecular weight excluding hydrogens is 466 g/mol. The third kappa shape index (κ3) is 5.48. The van der Waals surface area contributed by atoms with Crippen molar-refractivity contribution in [2.24, 2.45) is 5.73 Å². The van der Waals surface area contributed by atoms with Crippen LogP contribution in [0.1, 0.15) is 65.8 Å². The van der Waals surface area contributed by atoms with Crippen LogP contribution < -0.4 is 21.1 Å². The highest BCUT2D eigenvalue weighted by molar-refractivity contribution is 7.17. The van der Waals surface area contributed by atoms with E-state index in [1.807, 2.05) is 13.8 Å². The second-order valence-corrected chi connectivity index (χ2v) is 10.4. The number of rotatable bonds is 7. The molecule has 0 bridgehead atoms. The number of ether oxygens (including phenoxy) is 2. The Labute approximate surface area is 201 Å². The van der Waals surface area contributed by atoms with E-state index in [4.69, 9.17) is 26.8 Å². The van der Waals surface area contributed by atoms with Crippen molar-refractivity contribution in [3.05, 3.63) is 44.8 Å². The van der Waals surface area contributed by atoms with Crippen LogP contribution in [-0.2, 0) is 21.5 Å².